The Morgan fingerprint density at radius 3 is 2.34 bits per heavy atom. The molecule has 0 atom stereocenters. The smallest absolute Gasteiger partial charge is 0.255 e. The van der Waals surface area contributed by atoms with Crippen LogP contribution in [0.25, 0.3) is 0 Å². The number of nitrogens with zero attached hydrogens (tertiary/aromatic N) is 1. The molecule has 1 heterocycles. The first-order valence-electron chi connectivity index (χ1n) is 8.83. The SMILES string of the molecule is NS(=O)(=O)c1cccc(NC(=O)c2ccc(Cl)c(S(=O)(=O)N3CCCCC3)c2)c1. The zero-order valence-electron chi connectivity index (χ0n) is 15.3. The third-order valence-electron chi connectivity index (χ3n) is 4.55. The maximum Gasteiger partial charge on any atom is 0.255 e. The van der Waals surface area contributed by atoms with Gasteiger partial charge in [0.25, 0.3) is 5.91 Å². The minimum absolute atomic E-state index is 0.0309. The molecule has 1 amide bonds. The molecule has 3 N–H and O–H groups in total. The number of sulfonamides is 2. The van der Waals surface area contributed by atoms with Crippen LogP contribution in [-0.4, -0.2) is 40.1 Å². The number of carbonyl (C=O) groups excluding carboxylic acids is 1. The number of nitrogens with one attached hydrogen (secondary N) is 1. The van der Waals surface area contributed by atoms with Crippen LogP contribution in [0.4, 0.5) is 5.69 Å². The molecular formula is C18H20ClN3O5S2. The number of rotatable bonds is 5. The summed E-state index contributed by atoms with van der Waals surface area (Å²) >= 11 is 6.12. The number of amides is 1. The molecular weight excluding hydrogens is 438 g/mol. The van der Waals surface area contributed by atoms with Gasteiger partial charge < -0.3 is 5.32 Å². The van der Waals surface area contributed by atoms with Crippen LogP contribution in [-0.2, 0) is 20.0 Å². The molecule has 1 fully saturated rings. The molecule has 29 heavy (non-hydrogen) atoms. The number of hydrogen-bond acceptors (Lipinski definition) is 5. The van der Waals surface area contributed by atoms with Gasteiger partial charge in [0.15, 0.2) is 0 Å². The highest BCUT2D eigenvalue weighted by Gasteiger charge is 2.28. The molecule has 0 unspecified atom stereocenters. The van der Waals surface area contributed by atoms with E-state index in [1.54, 1.807) is 0 Å². The Hall–Kier alpha value is -1.98. The Labute approximate surface area is 174 Å². The molecule has 156 valence electrons. The summed E-state index contributed by atoms with van der Waals surface area (Å²) in [6.45, 7) is 0.824. The van der Waals surface area contributed by atoms with Gasteiger partial charge in [0, 0.05) is 24.3 Å². The summed E-state index contributed by atoms with van der Waals surface area (Å²) in [7, 11) is -7.75. The van der Waals surface area contributed by atoms with E-state index in [0.29, 0.717) is 13.1 Å². The predicted molar refractivity (Wildman–Crippen MR) is 110 cm³/mol. The fraction of sp³-hybridized carbons (Fsp3) is 0.278. The molecule has 1 saturated heterocycles. The van der Waals surface area contributed by atoms with Crippen LogP contribution in [0.3, 0.4) is 0 Å². The van der Waals surface area contributed by atoms with Crippen LogP contribution in [0, 0.1) is 0 Å². The second kappa shape index (κ2) is 8.41. The number of carbonyl (C=O) groups is 1. The highest BCUT2D eigenvalue weighted by molar-refractivity contribution is 7.89. The zero-order chi connectivity index (χ0) is 21.2. The third kappa shape index (κ3) is 4.96. The fourth-order valence-corrected chi connectivity index (χ4v) is 5.62. The van der Waals surface area contributed by atoms with E-state index in [-0.39, 0.29) is 26.1 Å². The Bertz CT molecular complexity index is 1140. The van der Waals surface area contributed by atoms with Gasteiger partial charge in [-0.1, -0.05) is 24.1 Å². The Morgan fingerprint density at radius 2 is 1.69 bits per heavy atom. The lowest BCUT2D eigenvalue weighted by Gasteiger charge is -2.26. The average molecular weight is 458 g/mol. The van der Waals surface area contributed by atoms with Gasteiger partial charge in [-0.3, -0.25) is 4.79 Å². The van der Waals surface area contributed by atoms with Crippen molar-refractivity contribution in [2.24, 2.45) is 5.14 Å². The van der Waals surface area contributed by atoms with Crippen molar-refractivity contribution in [3.05, 3.63) is 53.1 Å². The second-order valence-electron chi connectivity index (χ2n) is 6.64. The van der Waals surface area contributed by atoms with Gasteiger partial charge in [0.2, 0.25) is 20.0 Å². The van der Waals surface area contributed by atoms with Crippen LogP contribution >= 0.6 is 11.6 Å². The molecule has 1 aliphatic heterocycles. The summed E-state index contributed by atoms with van der Waals surface area (Å²) in [4.78, 5) is 12.3. The van der Waals surface area contributed by atoms with Crippen LogP contribution in [0.2, 0.25) is 5.02 Å². The molecule has 0 aromatic heterocycles. The quantitative estimate of drug-likeness (QED) is 0.712. The van der Waals surface area contributed by atoms with Crippen molar-refractivity contribution in [3.8, 4) is 0 Å². The predicted octanol–water partition coefficient (Wildman–Crippen LogP) is 2.41. The summed E-state index contributed by atoms with van der Waals surface area (Å²) in [5.74, 6) is -0.608. The molecule has 8 nitrogen and oxygen atoms in total. The topological polar surface area (TPSA) is 127 Å². The van der Waals surface area contributed by atoms with E-state index in [0.717, 1.165) is 19.3 Å². The lowest BCUT2D eigenvalue weighted by atomic mass is 10.2. The monoisotopic (exact) mass is 457 g/mol. The van der Waals surface area contributed by atoms with Crippen LogP contribution in [0.1, 0.15) is 29.6 Å². The summed E-state index contributed by atoms with van der Waals surface area (Å²) < 4.78 is 50.1. The molecule has 0 aliphatic carbocycles. The minimum atomic E-state index is -3.92. The van der Waals surface area contributed by atoms with Crippen molar-refractivity contribution < 1.29 is 21.6 Å². The molecule has 0 radical (unpaired) electrons. The van der Waals surface area contributed by atoms with Gasteiger partial charge in [-0.15, -0.1) is 0 Å². The molecule has 1 aliphatic rings. The number of halogens is 1. The van der Waals surface area contributed by atoms with Gasteiger partial charge in [-0.2, -0.15) is 4.31 Å². The number of nitrogens with two attached hydrogens (primary N) is 1. The average Bonchev–Trinajstić information content (AvgIpc) is 2.68. The second-order valence-corrected chi connectivity index (χ2v) is 10.5. The van der Waals surface area contributed by atoms with Crippen LogP contribution in [0.15, 0.2) is 52.3 Å². The maximum absolute atomic E-state index is 12.9. The first-order chi connectivity index (χ1) is 13.6. The van der Waals surface area contributed by atoms with Crippen molar-refractivity contribution in [3.63, 3.8) is 0 Å². The molecule has 2 aromatic carbocycles. The molecule has 3 rings (SSSR count). The van der Waals surface area contributed by atoms with Gasteiger partial charge in [0.1, 0.15) is 4.90 Å². The van der Waals surface area contributed by atoms with E-state index in [9.17, 15) is 21.6 Å². The van der Waals surface area contributed by atoms with Crippen molar-refractivity contribution in [1.82, 2.24) is 4.31 Å². The Balaban J connectivity index is 1.88. The standard InChI is InChI=1S/C18H20ClN3O5S2/c19-16-8-7-13(11-17(16)29(26,27)22-9-2-1-3-10-22)18(23)21-14-5-4-6-15(12-14)28(20,24)25/h4-8,11-12H,1-3,9-10H2,(H,21,23)(H2,20,24,25). The van der Waals surface area contributed by atoms with E-state index in [4.69, 9.17) is 16.7 Å². The van der Waals surface area contributed by atoms with E-state index in [1.165, 1.54) is 46.8 Å². The maximum atomic E-state index is 12.9. The Kier molecular flexibility index (Phi) is 6.30. The first-order valence-corrected chi connectivity index (χ1v) is 12.2. The van der Waals surface area contributed by atoms with Crippen LogP contribution < -0.4 is 10.5 Å². The van der Waals surface area contributed by atoms with Gasteiger partial charge >= 0.3 is 0 Å². The highest BCUT2D eigenvalue weighted by atomic mass is 35.5. The lowest BCUT2D eigenvalue weighted by Crippen LogP contribution is -2.35. The Morgan fingerprint density at radius 1 is 1.00 bits per heavy atom. The minimum Gasteiger partial charge on any atom is -0.322 e. The molecule has 0 saturated carbocycles. The van der Waals surface area contributed by atoms with Crippen LogP contribution in [0.5, 0.6) is 0 Å². The van der Waals surface area contributed by atoms with E-state index < -0.39 is 26.0 Å². The molecule has 0 bridgehead atoms. The number of piperidine rings is 1. The number of primary sulfonamides is 1. The van der Waals surface area contributed by atoms with Gasteiger partial charge in [0.05, 0.1) is 9.92 Å². The van der Waals surface area contributed by atoms with Gasteiger partial charge in [-0.25, -0.2) is 22.0 Å². The number of hydrogen-bond donors (Lipinski definition) is 2. The normalized spacial score (nSPS) is 15.8. The highest BCUT2D eigenvalue weighted by Crippen LogP contribution is 2.28. The largest absolute Gasteiger partial charge is 0.322 e. The van der Waals surface area contributed by atoms with Crippen molar-refractivity contribution in [2.75, 3.05) is 18.4 Å². The number of anilines is 1. The summed E-state index contributed by atoms with van der Waals surface area (Å²) in [6.07, 6.45) is 2.52. The fourth-order valence-electron chi connectivity index (χ4n) is 3.04. The summed E-state index contributed by atoms with van der Waals surface area (Å²) in [6, 6.07) is 9.43. The van der Waals surface area contributed by atoms with E-state index >= 15 is 0 Å². The lowest BCUT2D eigenvalue weighted by molar-refractivity contribution is 0.102. The number of benzene rings is 2. The van der Waals surface area contributed by atoms with Crippen molar-refractivity contribution in [2.45, 2.75) is 29.1 Å². The van der Waals surface area contributed by atoms with E-state index in [1.807, 2.05) is 0 Å². The zero-order valence-corrected chi connectivity index (χ0v) is 17.7. The van der Waals surface area contributed by atoms with E-state index in [2.05, 4.69) is 5.32 Å². The first kappa shape index (κ1) is 21.7. The summed E-state index contributed by atoms with van der Waals surface area (Å²) in [5, 5.41) is 7.67. The van der Waals surface area contributed by atoms with Crippen molar-refractivity contribution in [1.29, 1.82) is 0 Å². The molecule has 2 aromatic rings. The molecule has 0 spiro atoms. The summed E-state index contributed by atoms with van der Waals surface area (Å²) in [5.41, 5.74) is 0.280. The molecule has 11 heteroatoms. The van der Waals surface area contributed by atoms with Crippen molar-refractivity contribution >= 4 is 43.2 Å². The van der Waals surface area contributed by atoms with Gasteiger partial charge in [-0.05, 0) is 49.2 Å². The third-order valence-corrected chi connectivity index (χ3v) is 7.84.